The molecule has 0 saturated heterocycles. The molecule has 0 aliphatic heterocycles. The van der Waals surface area contributed by atoms with E-state index >= 15 is 0 Å². The predicted octanol–water partition coefficient (Wildman–Crippen LogP) is 3.33. The van der Waals surface area contributed by atoms with Crippen LogP contribution in [0.25, 0.3) is 11.3 Å². The molecular formula is C21H27F2N3O3. The van der Waals surface area contributed by atoms with Gasteiger partial charge in [-0.2, -0.15) is 13.9 Å². The van der Waals surface area contributed by atoms with Gasteiger partial charge in [-0.05, 0) is 45.7 Å². The van der Waals surface area contributed by atoms with Crippen LogP contribution in [0.1, 0.15) is 44.5 Å². The fourth-order valence-corrected chi connectivity index (χ4v) is 3.75. The number of hydrogen-bond acceptors (Lipinski definition) is 4. The number of halogens is 2. The molecule has 29 heavy (non-hydrogen) atoms. The molecule has 0 fully saturated rings. The Bertz CT molecular complexity index is 867. The number of carbonyl (C=O) groups excluding carboxylic acids is 1. The number of amides is 1. The van der Waals surface area contributed by atoms with Gasteiger partial charge in [-0.25, -0.2) is 0 Å². The maximum absolute atomic E-state index is 12.6. The van der Waals surface area contributed by atoms with E-state index in [1.165, 1.54) is 6.07 Å². The summed E-state index contributed by atoms with van der Waals surface area (Å²) < 4.78 is 31.6. The van der Waals surface area contributed by atoms with Gasteiger partial charge in [-0.3, -0.25) is 9.48 Å². The Hall–Kier alpha value is -2.48. The Morgan fingerprint density at radius 3 is 2.79 bits per heavy atom. The molecule has 0 bridgehead atoms. The molecule has 1 aliphatic carbocycles. The molecule has 1 aromatic heterocycles. The normalized spacial score (nSPS) is 17.3. The number of hydrogen-bond donors (Lipinski definition) is 2. The summed E-state index contributed by atoms with van der Waals surface area (Å²) in [6.45, 7) is 2.81. The van der Waals surface area contributed by atoms with Gasteiger partial charge in [0.2, 0.25) is 5.91 Å². The van der Waals surface area contributed by atoms with Crippen LogP contribution >= 0.6 is 0 Å². The topological polar surface area (TPSA) is 76.4 Å². The van der Waals surface area contributed by atoms with Crippen LogP contribution < -0.4 is 10.1 Å². The lowest BCUT2D eigenvalue weighted by molar-refractivity contribution is -0.126. The van der Waals surface area contributed by atoms with Crippen molar-refractivity contribution in [3.8, 4) is 17.0 Å². The monoisotopic (exact) mass is 407 g/mol. The molecule has 1 heterocycles. The largest absolute Gasteiger partial charge is 0.435 e. The quantitative estimate of drug-likeness (QED) is 0.738. The predicted molar refractivity (Wildman–Crippen MR) is 105 cm³/mol. The Morgan fingerprint density at radius 1 is 1.38 bits per heavy atom. The van der Waals surface area contributed by atoms with Gasteiger partial charge < -0.3 is 15.2 Å². The van der Waals surface area contributed by atoms with Crippen LogP contribution in [0.2, 0.25) is 0 Å². The number of aliphatic hydroxyl groups excluding tert-OH is 1. The summed E-state index contributed by atoms with van der Waals surface area (Å²) in [5.41, 5.74) is 3.51. The number of alkyl halides is 2. The minimum Gasteiger partial charge on any atom is -0.435 e. The first kappa shape index (κ1) is 21.2. The molecule has 8 heteroatoms. The third-order valence-corrected chi connectivity index (χ3v) is 5.16. The molecule has 2 N–H and O–H groups in total. The first-order valence-electron chi connectivity index (χ1n) is 9.86. The summed E-state index contributed by atoms with van der Waals surface area (Å²) in [5, 5.41) is 16.8. The Balaban J connectivity index is 1.92. The van der Waals surface area contributed by atoms with Crippen molar-refractivity contribution >= 4 is 5.91 Å². The SMILES string of the molecule is CC(CO)NC(=O)[C@@H]1CCc2c(-c3cccc(OC(F)F)c3)nn(C(C)C)c2C1. The standard InChI is InChI=1S/C21H27F2N3O3/c1-12(2)26-18-10-15(20(28)24-13(3)11-27)7-8-17(18)19(25-26)14-5-4-6-16(9-14)29-21(22)23/h4-6,9,12-13,15,21,27H,7-8,10-11H2,1-3H3,(H,24,28)/t13?,15-/m1/s1. The van der Waals surface area contributed by atoms with Gasteiger partial charge in [0.25, 0.3) is 0 Å². The second-order valence-electron chi connectivity index (χ2n) is 7.75. The van der Waals surface area contributed by atoms with Gasteiger partial charge in [0, 0.05) is 41.2 Å². The highest BCUT2D eigenvalue weighted by Gasteiger charge is 2.31. The summed E-state index contributed by atoms with van der Waals surface area (Å²) >= 11 is 0. The molecule has 0 saturated carbocycles. The van der Waals surface area contributed by atoms with E-state index in [9.17, 15) is 18.7 Å². The van der Waals surface area contributed by atoms with Gasteiger partial charge in [0.1, 0.15) is 5.75 Å². The van der Waals surface area contributed by atoms with Crippen LogP contribution in [0.15, 0.2) is 24.3 Å². The van der Waals surface area contributed by atoms with Crippen LogP contribution in [-0.4, -0.2) is 40.1 Å². The summed E-state index contributed by atoms with van der Waals surface area (Å²) in [6, 6.07) is 6.37. The maximum atomic E-state index is 12.6. The molecule has 1 unspecified atom stereocenters. The number of aliphatic hydroxyl groups is 1. The van der Waals surface area contributed by atoms with Crippen molar-refractivity contribution < 1.29 is 23.4 Å². The smallest absolute Gasteiger partial charge is 0.387 e. The second-order valence-corrected chi connectivity index (χ2v) is 7.75. The van der Waals surface area contributed by atoms with E-state index in [0.29, 0.717) is 19.3 Å². The summed E-state index contributed by atoms with van der Waals surface area (Å²) in [4.78, 5) is 12.5. The van der Waals surface area contributed by atoms with E-state index in [4.69, 9.17) is 5.10 Å². The van der Waals surface area contributed by atoms with E-state index in [2.05, 4.69) is 10.1 Å². The summed E-state index contributed by atoms with van der Waals surface area (Å²) in [6.07, 6.45) is 1.89. The number of nitrogens with zero attached hydrogens (tertiary/aromatic N) is 2. The molecule has 158 valence electrons. The molecular weight excluding hydrogens is 380 g/mol. The van der Waals surface area contributed by atoms with Crippen LogP contribution in [-0.2, 0) is 17.6 Å². The zero-order valence-corrected chi connectivity index (χ0v) is 16.9. The highest BCUT2D eigenvalue weighted by molar-refractivity contribution is 5.80. The molecule has 1 aliphatic rings. The van der Waals surface area contributed by atoms with Crippen molar-refractivity contribution in [2.24, 2.45) is 5.92 Å². The maximum Gasteiger partial charge on any atom is 0.387 e. The van der Waals surface area contributed by atoms with Crippen molar-refractivity contribution in [2.75, 3.05) is 6.61 Å². The van der Waals surface area contributed by atoms with Crippen molar-refractivity contribution in [3.05, 3.63) is 35.5 Å². The lowest BCUT2D eigenvalue weighted by Gasteiger charge is -2.25. The number of ether oxygens (including phenoxy) is 1. The second kappa shape index (κ2) is 8.90. The van der Waals surface area contributed by atoms with E-state index in [0.717, 1.165) is 22.5 Å². The van der Waals surface area contributed by atoms with Crippen molar-refractivity contribution in [1.29, 1.82) is 0 Å². The minimum absolute atomic E-state index is 0.0670. The van der Waals surface area contributed by atoms with Gasteiger partial charge in [0.05, 0.1) is 12.3 Å². The third-order valence-electron chi connectivity index (χ3n) is 5.16. The highest BCUT2D eigenvalue weighted by atomic mass is 19.3. The van der Waals surface area contributed by atoms with Crippen molar-refractivity contribution in [1.82, 2.24) is 15.1 Å². The number of nitrogens with one attached hydrogen (secondary N) is 1. The lowest BCUT2D eigenvalue weighted by Crippen LogP contribution is -2.41. The van der Waals surface area contributed by atoms with Gasteiger partial charge in [0.15, 0.2) is 0 Å². The highest BCUT2D eigenvalue weighted by Crippen LogP contribution is 2.36. The molecule has 2 aromatic rings. The number of carbonyl (C=O) groups is 1. The van der Waals surface area contributed by atoms with E-state index in [1.54, 1.807) is 19.1 Å². The molecule has 1 amide bonds. The fraction of sp³-hybridized carbons (Fsp3) is 0.524. The zero-order valence-electron chi connectivity index (χ0n) is 16.9. The number of fused-ring (bicyclic) bond motifs is 1. The number of aromatic nitrogens is 2. The Morgan fingerprint density at radius 2 is 2.14 bits per heavy atom. The fourth-order valence-electron chi connectivity index (χ4n) is 3.75. The Kier molecular flexibility index (Phi) is 6.52. The van der Waals surface area contributed by atoms with Crippen molar-refractivity contribution in [3.63, 3.8) is 0 Å². The number of benzene rings is 1. The van der Waals surface area contributed by atoms with Gasteiger partial charge in [-0.1, -0.05) is 12.1 Å². The summed E-state index contributed by atoms with van der Waals surface area (Å²) in [5.74, 6) is -0.161. The van der Waals surface area contributed by atoms with Crippen LogP contribution in [0.3, 0.4) is 0 Å². The van der Waals surface area contributed by atoms with Crippen molar-refractivity contribution in [2.45, 2.75) is 58.7 Å². The molecule has 2 atom stereocenters. The molecule has 1 aromatic carbocycles. The van der Waals surface area contributed by atoms with Gasteiger partial charge >= 0.3 is 6.61 Å². The van der Waals surface area contributed by atoms with Crippen LogP contribution in [0, 0.1) is 5.92 Å². The first-order valence-corrected chi connectivity index (χ1v) is 9.86. The molecule has 0 radical (unpaired) electrons. The zero-order chi connectivity index (χ0) is 21.1. The van der Waals surface area contributed by atoms with Crippen LogP contribution in [0.4, 0.5) is 8.78 Å². The Labute approximate surface area is 168 Å². The molecule has 6 nitrogen and oxygen atoms in total. The third kappa shape index (κ3) is 4.75. The van der Waals surface area contributed by atoms with Gasteiger partial charge in [-0.15, -0.1) is 0 Å². The van der Waals surface area contributed by atoms with E-state index in [-0.39, 0.29) is 36.3 Å². The molecule has 3 rings (SSSR count). The average molecular weight is 407 g/mol. The van der Waals surface area contributed by atoms with Crippen LogP contribution in [0.5, 0.6) is 5.75 Å². The number of rotatable bonds is 7. The van der Waals surface area contributed by atoms with E-state index in [1.807, 2.05) is 24.6 Å². The van der Waals surface area contributed by atoms with E-state index < -0.39 is 6.61 Å². The summed E-state index contributed by atoms with van der Waals surface area (Å²) in [7, 11) is 0. The lowest BCUT2D eigenvalue weighted by atomic mass is 9.85. The average Bonchev–Trinajstić information content (AvgIpc) is 3.06. The molecule has 0 spiro atoms. The minimum atomic E-state index is -2.88. The first-order chi connectivity index (χ1) is 13.8.